The van der Waals surface area contributed by atoms with Crippen molar-refractivity contribution < 1.29 is 4.74 Å². The monoisotopic (exact) mass is 290 g/mol. The minimum absolute atomic E-state index is 0.226. The van der Waals surface area contributed by atoms with E-state index in [9.17, 15) is 0 Å². The second-order valence-electron chi connectivity index (χ2n) is 6.50. The van der Waals surface area contributed by atoms with Crippen molar-refractivity contribution in [3.05, 3.63) is 29.8 Å². The molecule has 2 atom stereocenters. The molecule has 0 amide bonds. The van der Waals surface area contributed by atoms with E-state index in [1.165, 1.54) is 18.4 Å². The van der Waals surface area contributed by atoms with Crippen molar-refractivity contribution in [1.29, 1.82) is 0 Å². The van der Waals surface area contributed by atoms with Crippen LogP contribution in [0.2, 0.25) is 0 Å². The van der Waals surface area contributed by atoms with Crippen LogP contribution in [0.25, 0.3) is 0 Å². The molecule has 0 aromatic heterocycles. The highest BCUT2D eigenvalue weighted by molar-refractivity contribution is 5.30. The average Bonchev–Trinajstić information content (AvgIpc) is 2.62. The second-order valence-corrected chi connectivity index (χ2v) is 6.50. The smallest absolute Gasteiger partial charge is 0.119 e. The van der Waals surface area contributed by atoms with Gasteiger partial charge in [0, 0.05) is 18.6 Å². The summed E-state index contributed by atoms with van der Waals surface area (Å²) >= 11 is 0. The highest BCUT2D eigenvalue weighted by atomic mass is 16.5. The normalized spacial score (nSPS) is 24.0. The van der Waals surface area contributed by atoms with Crippen molar-refractivity contribution in [1.82, 2.24) is 4.90 Å². The molecule has 1 heterocycles. The SMILES string of the molecule is CCOc1ccc(C2C(N)CCCCN2CC(C)C)cc1. The molecule has 2 N–H and O–H groups in total. The summed E-state index contributed by atoms with van der Waals surface area (Å²) in [6.07, 6.45) is 3.61. The maximum absolute atomic E-state index is 6.50. The number of hydrogen-bond donors (Lipinski definition) is 1. The third kappa shape index (κ3) is 4.45. The Morgan fingerprint density at radius 3 is 2.57 bits per heavy atom. The quantitative estimate of drug-likeness (QED) is 0.900. The zero-order valence-corrected chi connectivity index (χ0v) is 13.7. The highest BCUT2D eigenvalue weighted by Crippen LogP contribution is 2.31. The summed E-state index contributed by atoms with van der Waals surface area (Å²) in [6, 6.07) is 9.09. The Morgan fingerprint density at radius 2 is 1.95 bits per heavy atom. The largest absolute Gasteiger partial charge is 0.494 e. The van der Waals surface area contributed by atoms with E-state index in [1.807, 2.05) is 6.92 Å². The molecule has 1 aliphatic rings. The van der Waals surface area contributed by atoms with Gasteiger partial charge in [-0.25, -0.2) is 0 Å². The second kappa shape index (κ2) is 7.81. The summed E-state index contributed by atoms with van der Waals surface area (Å²) in [5.74, 6) is 1.61. The molecule has 0 radical (unpaired) electrons. The molecule has 2 unspecified atom stereocenters. The number of likely N-dealkylation sites (tertiary alicyclic amines) is 1. The van der Waals surface area contributed by atoms with Gasteiger partial charge >= 0.3 is 0 Å². The van der Waals surface area contributed by atoms with E-state index in [0.29, 0.717) is 18.6 Å². The molecule has 3 nitrogen and oxygen atoms in total. The molecule has 118 valence electrons. The van der Waals surface area contributed by atoms with Crippen LogP contribution < -0.4 is 10.5 Å². The molecule has 21 heavy (non-hydrogen) atoms. The number of nitrogens with two attached hydrogens (primary N) is 1. The Bertz CT molecular complexity index is 416. The van der Waals surface area contributed by atoms with Gasteiger partial charge in [0.05, 0.1) is 6.61 Å². The predicted molar refractivity (Wildman–Crippen MR) is 88.6 cm³/mol. The fourth-order valence-corrected chi connectivity index (χ4v) is 3.32. The topological polar surface area (TPSA) is 38.5 Å². The van der Waals surface area contributed by atoms with E-state index < -0.39 is 0 Å². The van der Waals surface area contributed by atoms with Crippen LogP contribution in [0.4, 0.5) is 0 Å². The summed E-state index contributed by atoms with van der Waals surface area (Å²) in [4.78, 5) is 2.58. The molecule has 3 heteroatoms. The van der Waals surface area contributed by atoms with Gasteiger partial charge in [-0.15, -0.1) is 0 Å². The average molecular weight is 290 g/mol. The molecule has 1 aliphatic heterocycles. The van der Waals surface area contributed by atoms with E-state index in [1.54, 1.807) is 0 Å². The Balaban J connectivity index is 2.21. The first-order valence-corrected chi connectivity index (χ1v) is 8.34. The fraction of sp³-hybridized carbons (Fsp3) is 0.667. The molecule has 1 fully saturated rings. The maximum atomic E-state index is 6.50. The van der Waals surface area contributed by atoms with E-state index in [-0.39, 0.29) is 6.04 Å². The summed E-state index contributed by atoms with van der Waals surface area (Å²) in [5.41, 5.74) is 7.83. The number of nitrogens with zero attached hydrogens (tertiary/aromatic N) is 1. The third-order valence-corrected chi connectivity index (χ3v) is 4.16. The lowest BCUT2D eigenvalue weighted by Gasteiger charge is -2.35. The van der Waals surface area contributed by atoms with E-state index >= 15 is 0 Å². The van der Waals surface area contributed by atoms with Gasteiger partial charge in [-0.1, -0.05) is 32.4 Å². The molecule has 2 rings (SSSR count). The lowest BCUT2D eigenvalue weighted by molar-refractivity contribution is 0.165. The van der Waals surface area contributed by atoms with Gasteiger partial charge in [-0.2, -0.15) is 0 Å². The van der Waals surface area contributed by atoms with E-state index in [0.717, 1.165) is 25.3 Å². The minimum atomic E-state index is 0.226. The molecular weight excluding hydrogens is 260 g/mol. The zero-order valence-electron chi connectivity index (χ0n) is 13.7. The maximum Gasteiger partial charge on any atom is 0.119 e. The van der Waals surface area contributed by atoms with Crippen LogP contribution in [0.3, 0.4) is 0 Å². The molecule has 1 saturated heterocycles. The van der Waals surface area contributed by atoms with Gasteiger partial charge in [-0.05, 0) is 49.9 Å². The zero-order chi connectivity index (χ0) is 15.2. The number of rotatable bonds is 5. The van der Waals surface area contributed by atoms with Crippen molar-refractivity contribution in [3.63, 3.8) is 0 Å². The van der Waals surface area contributed by atoms with Crippen LogP contribution in [-0.4, -0.2) is 30.6 Å². The van der Waals surface area contributed by atoms with E-state index in [2.05, 4.69) is 43.0 Å². The Hall–Kier alpha value is -1.06. The lowest BCUT2D eigenvalue weighted by atomic mass is 9.95. The van der Waals surface area contributed by atoms with Gasteiger partial charge in [0.1, 0.15) is 5.75 Å². The highest BCUT2D eigenvalue weighted by Gasteiger charge is 2.29. The molecule has 1 aromatic rings. The van der Waals surface area contributed by atoms with Gasteiger partial charge in [0.2, 0.25) is 0 Å². The first kappa shape index (κ1) is 16.3. The summed E-state index contributed by atoms with van der Waals surface area (Å²) < 4.78 is 5.55. The van der Waals surface area contributed by atoms with Crippen LogP contribution in [0.5, 0.6) is 5.75 Å². The van der Waals surface area contributed by atoms with Gasteiger partial charge in [0.15, 0.2) is 0 Å². The molecule has 0 bridgehead atoms. The van der Waals surface area contributed by atoms with Crippen LogP contribution >= 0.6 is 0 Å². The van der Waals surface area contributed by atoms with Gasteiger partial charge < -0.3 is 10.5 Å². The molecule has 0 saturated carbocycles. The standard InChI is InChI=1S/C18H30N2O/c1-4-21-16-10-8-15(9-11-16)18-17(19)7-5-6-12-20(18)13-14(2)3/h8-11,14,17-18H,4-7,12-13,19H2,1-3H3. The fourth-order valence-electron chi connectivity index (χ4n) is 3.32. The number of hydrogen-bond acceptors (Lipinski definition) is 3. The van der Waals surface area contributed by atoms with Crippen LogP contribution in [0, 0.1) is 5.92 Å². The number of benzene rings is 1. The Labute approximate surface area is 129 Å². The Kier molecular flexibility index (Phi) is 6.07. The third-order valence-electron chi connectivity index (χ3n) is 4.16. The Morgan fingerprint density at radius 1 is 1.24 bits per heavy atom. The van der Waals surface area contributed by atoms with Crippen molar-refractivity contribution in [2.45, 2.75) is 52.1 Å². The van der Waals surface area contributed by atoms with Crippen LogP contribution in [0.1, 0.15) is 51.6 Å². The van der Waals surface area contributed by atoms with Crippen molar-refractivity contribution in [3.8, 4) is 5.75 Å². The first-order chi connectivity index (χ1) is 10.1. The van der Waals surface area contributed by atoms with Crippen LogP contribution in [0.15, 0.2) is 24.3 Å². The van der Waals surface area contributed by atoms with Crippen LogP contribution in [-0.2, 0) is 0 Å². The molecule has 1 aromatic carbocycles. The van der Waals surface area contributed by atoms with Crippen molar-refractivity contribution >= 4 is 0 Å². The lowest BCUT2D eigenvalue weighted by Crippen LogP contribution is -2.41. The van der Waals surface area contributed by atoms with Gasteiger partial charge in [-0.3, -0.25) is 4.90 Å². The summed E-state index contributed by atoms with van der Waals surface area (Å²) in [5, 5.41) is 0. The molecular formula is C18H30N2O. The van der Waals surface area contributed by atoms with Crippen molar-refractivity contribution in [2.75, 3.05) is 19.7 Å². The number of ether oxygens (including phenoxy) is 1. The molecule has 0 aliphatic carbocycles. The molecule has 0 spiro atoms. The van der Waals surface area contributed by atoms with Gasteiger partial charge in [0.25, 0.3) is 0 Å². The minimum Gasteiger partial charge on any atom is -0.494 e. The first-order valence-electron chi connectivity index (χ1n) is 8.34. The predicted octanol–water partition coefficient (Wildman–Crippen LogP) is 3.60. The summed E-state index contributed by atoms with van der Waals surface area (Å²) in [6.45, 7) is 9.56. The summed E-state index contributed by atoms with van der Waals surface area (Å²) in [7, 11) is 0. The van der Waals surface area contributed by atoms with E-state index in [4.69, 9.17) is 10.5 Å². The van der Waals surface area contributed by atoms with Crippen molar-refractivity contribution in [2.24, 2.45) is 11.7 Å².